The van der Waals surface area contributed by atoms with E-state index in [4.69, 9.17) is 4.42 Å². The molecular formula is C13H11NO. The van der Waals surface area contributed by atoms with Crippen LogP contribution >= 0.6 is 0 Å². The number of benzene rings is 1. The molecule has 0 unspecified atom stereocenters. The second-order valence-corrected chi connectivity index (χ2v) is 3.84. The van der Waals surface area contributed by atoms with Crippen molar-refractivity contribution in [1.29, 1.82) is 0 Å². The molecule has 1 aromatic carbocycles. The van der Waals surface area contributed by atoms with Crippen molar-refractivity contribution in [2.24, 2.45) is 0 Å². The maximum Gasteiger partial charge on any atom is 0.154 e. The van der Waals surface area contributed by atoms with Crippen LogP contribution < -0.4 is 0 Å². The zero-order chi connectivity index (χ0) is 10.4. The van der Waals surface area contributed by atoms with Gasteiger partial charge in [0, 0.05) is 11.1 Å². The average molecular weight is 197 g/mol. The molecule has 0 aliphatic heterocycles. The summed E-state index contributed by atoms with van der Waals surface area (Å²) in [5.74, 6) is 0. The number of furan rings is 1. The second kappa shape index (κ2) is 2.83. The van der Waals surface area contributed by atoms with E-state index in [1.54, 1.807) is 0 Å². The molecule has 2 heteroatoms. The minimum atomic E-state index is 0.874. The molecule has 0 atom stereocenters. The molecule has 0 amide bonds. The van der Waals surface area contributed by atoms with E-state index in [0.717, 1.165) is 27.8 Å². The van der Waals surface area contributed by atoms with E-state index in [2.05, 4.69) is 18.0 Å². The van der Waals surface area contributed by atoms with Gasteiger partial charge in [-0.15, -0.1) is 0 Å². The number of hydrogen-bond acceptors (Lipinski definition) is 2. The number of hydrogen-bond donors (Lipinski definition) is 0. The van der Waals surface area contributed by atoms with Gasteiger partial charge in [-0.3, -0.25) is 0 Å². The van der Waals surface area contributed by atoms with Gasteiger partial charge in [0.25, 0.3) is 0 Å². The molecule has 0 saturated carbocycles. The first-order valence-corrected chi connectivity index (χ1v) is 5.01. The fourth-order valence-corrected chi connectivity index (χ4v) is 1.82. The topological polar surface area (TPSA) is 26.0 Å². The highest BCUT2D eigenvalue weighted by atomic mass is 16.3. The van der Waals surface area contributed by atoms with Crippen molar-refractivity contribution < 1.29 is 4.42 Å². The summed E-state index contributed by atoms with van der Waals surface area (Å²) in [5.41, 5.74) is 4.98. The Morgan fingerprint density at radius 2 is 1.87 bits per heavy atom. The van der Waals surface area contributed by atoms with Gasteiger partial charge in [0.2, 0.25) is 0 Å². The number of aromatic nitrogens is 1. The first-order valence-electron chi connectivity index (χ1n) is 5.01. The molecule has 0 spiro atoms. The van der Waals surface area contributed by atoms with Crippen LogP contribution in [0.2, 0.25) is 0 Å². The van der Waals surface area contributed by atoms with Crippen molar-refractivity contribution >= 4 is 22.1 Å². The minimum Gasteiger partial charge on any atom is -0.454 e. The molecule has 15 heavy (non-hydrogen) atoms. The Balaban J connectivity index is 2.56. The molecule has 74 valence electrons. The number of rotatable bonds is 0. The number of nitrogens with zero attached hydrogens (tertiary/aromatic N) is 1. The molecule has 0 aliphatic carbocycles. The van der Waals surface area contributed by atoms with E-state index in [1.807, 2.05) is 31.2 Å². The Labute approximate surface area is 87.5 Å². The lowest BCUT2D eigenvalue weighted by Gasteiger charge is -1.96. The minimum absolute atomic E-state index is 0.874. The summed E-state index contributed by atoms with van der Waals surface area (Å²) in [6.07, 6.45) is 0. The van der Waals surface area contributed by atoms with Crippen molar-refractivity contribution in [3.8, 4) is 0 Å². The van der Waals surface area contributed by atoms with Gasteiger partial charge in [-0.05, 0) is 37.6 Å². The van der Waals surface area contributed by atoms with Gasteiger partial charge in [-0.25, -0.2) is 4.98 Å². The Kier molecular flexibility index (Phi) is 1.60. The number of aryl methyl sites for hydroxylation is 2. The third-order valence-corrected chi connectivity index (χ3v) is 2.79. The number of fused-ring (bicyclic) bond motifs is 3. The maximum atomic E-state index is 5.73. The molecule has 0 fully saturated rings. The van der Waals surface area contributed by atoms with Gasteiger partial charge in [0.15, 0.2) is 5.58 Å². The SMILES string of the molecule is Cc1cc2oc3ccccc3c2nc1C. The van der Waals surface area contributed by atoms with E-state index in [1.165, 1.54) is 5.56 Å². The Bertz CT molecular complexity index is 652. The highest BCUT2D eigenvalue weighted by molar-refractivity contribution is 6.02. The molecule has 2 aromatic heterocycles. The van der Waals surface area contributed by atoms with Crippen LogP contribution in [0.4, 0.5) is 0 Å². The van der Waals surface area contributed by atoms with Gasteiger partial charge >= 0.3 is 0 Å². The standard InChI is InChI=1S/C13H11NO/c1-8-7-12-13(14-9(8)2)10-5-3-4-6-11(10)15-12/h3-7H,1-2H3. The first-order chi connectivity index (χ1) is 7.25. The smallest absolute Gasteiger partial charge is 0.154 e. The predicted octanol–water partition coefficient (Wildman–Crippen LogP) is 3.60. The summed E-state index contributed by atoms with van der Waals surface area (Å²) in [5, 5.41) is 1.09. The summed E-state index contributed by atoms with van der Waals surface area (Å²) in [6, 6.07) is 10.1. The summed E-state index contributed by atoms with van der Waals surface area (Å²) in [6.45, 7) is 4.07. The number of pyridine rings is 1. The van der Waals surface area contributed by atoms with Gasteiger partial charge in [0.05, 0.1) is 0 Å². The average Bonchev–Trinajstić information content (AvgIpc) is 2.57. The van der Waals surface area contributed by atoms with Crippen molar-refractivity contribution in [1.82, 2.24) is 4.98 Å². The molecule has 0 bridgehead atoms. The monoisotopic (exact) mass is 197 g/mol. The molecule has 3 rings (SSSR count). The van der Waals surface area contributed by atoms with Crippen molar-refractivity contribution in [2.45, 2.75) is 13.8 Å². The van der Waals surface area contributed by atoms with E-state index in [9.17, 15) is 0 Å². The van der Waals surface area contributed by atoms with E-state index < -0.39 is 0 Å². The van der Waals surface area contributed by atoms with Crippen LogP contribution in [-0.2, 0) is 0 Å². The van der Waals surface area contributed by atoms with Crippen molar-refractivity contribution in [3.63, 3.8) is 0 Å². The zero-order valence-electron chi connectivity index (χ0n) is 8.74. The van der Waals surface area contributed by atoms with Gasteiger partial charge in [0.1, 0.15) is 11.1 Å². The van der Waals surface area contributed by atoms with Crippen LogP contribution in [0.1, 0.15) is 11.3 Å². The van der Waals surface area contributed by atoms with Gasteiger partial charge < -0.3 is 4.42 Å². The largest absolute Gasteiger partial charge is 0.454 e. The van der Waals surface area contributed by atoms with Crippen LogP contribution in [0, 0.1) is 13.8 Å². The predicted molar refractivity (Wildman–Crippen MR) is 61.0 cm³/mol. The lowest BCUT2D eigenvalue weighted by Crippen LogP contribution is -1.85. The molecule has 2 heterocycles. The Morgan fingerprint density at radius 1 is 1.07 bits per heavy atom. The summed E-state index contributed by atoms with van der Waals surface area (Å²) >= 11 is 0. The quantitative estimate of drug-likeness (QED) is 0.550. The van der Waals surface area contributed by atoms with Crippen molar-refractivity contribution in [3.05, 3.63) is 41.6 Å². The molecule has 0 radical (unpaired) electrons. The van der Waals surface area contributed by atoms with Crippen LogP contribution in [-0.4, -0.2) is 4.98 Å². The summed E-state index contributed by atoms with van der Waals surface area (Å²) in [4.78, 5) is 4.57. The lowest BCUT2D eigenvalue weighted by molar-refractivity contribution is 0.667. The first kappa shape index (κ1) is 8.48. The normalized spacial score (nSPS) is 11.3. The van der Waals surface area contributed by atoms with Crippen molar-refractivity contribution in [2.75, 3.05) is 0 Å². The molecular weight excluding hydrogens is 186 g/mol. The molecule has 0 saturated heterocycles. The van der Waals surface area contributed by atoms with Gasteiger partial charge in [-0.1, -0.05) is 12.1 Å². The Morgan fingerprint density at radius 3 is 2.73 bits per heavy atom. The molecule has 2 nitrogen and oxygen atoms in total. The van der Waals surface area contributed by atoms with Gasteiger partial charge in [-0.2, -0.15) is 0 Å². The third-order valence-electron chi connectivity index (χ3n) is 2.79. The second-order valence-electron chi connectivity index (χ2n) is 3.84. The molecule has 0 N–H and O–H groups in total. The van der Waals surface area contributed by atoms with E-state index >= 15 is 0 Å². The van der Waals surface area contributed by atoms with Crippen LogP contribution in [0.3, 0.4) is 0 Å². The van der Waals surface area contributed by atoms with Crippen LogP contribution in [0.5, 0.6) is 0 Å². The third kappa shape index (κ3) is 1.14. The highest BCUT2D eigenvalue weighted by Crippen LogP contribution is 2.27. The summed E-state index contributed by atoms with van der Waals surface area (Å²) in [7, 11) is 0. The summed E-state index contributed by atoms with van der Waals surface area (Å²) < 4.78 is 5.73. The maximum absolute atomic E-state index is 5.73. The number of para-hydroxylation sites is 1. The zero-order valence-corrected chi connectivity index (χ0v) is 8.74. The van der Waals surface area contributed by atoms with Crippen LogP contribution in [0.15, 0.2) is 34.7 Å². The highest BCUT2D eigenvalue weighted by Gasteiger charge is 2.08. The Hall–Kier alpha value is -1.83. The van der Waals surface area contributed by atoms with E-state index in [0.29, 0.717) is 0 Å². The molecule has 0 aliphatic rings. The molecule has 3 aromatic rings. The lowest BCUT2D eigenvalue weighted by atomic mass is 10.2. The van der Waals surface area contributed by atoms with E-state index in [-0.39, 0.29) is 0 Å². The fourth-order valence-electron chi connectivity index (χ4n) is 1.82. The van der Waals surface area contributed by atoms with Crippen LogP contribution in [0.25, 0.3) is 22.1 Å². The fraction of sp³-hybridized carbons (Fsp3) is 0.154.